The fraction of sp³-hybridized carbons (Fsp3) is 0.296. The van der Waals surface area contributed by atoms with Crippen molar-refractivity contribution in [2.24, 2.45) is 0 Å². The van der Waals surface area contributed by atoms with Crippen LogP contribution in [0.15, 0.2) is 72.8 Å². The summed E-state index contributed by atoms with van der Waals surface area (Å²) in [5.74, 6) is 0.0280. The van der Waals surface area contributed by atoms with Crippen molar-refractivity contribution in [2.45, 2.75) is 39.3 Å². The average molecular weight is 399 g/mol. The SMILES string of the molecule is Cc1cc(C)cc(-c2ccc(CN3CCCC(NC(=O)c4ccccc4)C3)cc2)c1. The minimum absolute atomic E-state index is 0.0280. The van der Waals surface area contributed by atoms with Gasteiger partial charge in [-0.2, -0.15) is 0 Å². The number of hydrogen-bond acceptors (Lipinski definition) is 2. The summed E-state index contributed by atoms with van der Waals surface area (Å²) in [5, 5.41) is 3.21. The first-order valence-electron chi connectivity index (χ1n) is 10.8. The van der Waals surface area contributed by atoms with Gasteiger partial charge in [0.1, 0.15) is 0 Å². The smallest absolute Gasteiger partial charge is 0.251 e. The van der Waals surface area contributed by atoms with E-state index in [-0.39, 0.29) is 11.9 Å². The summed E-state index contributed by atoms with van der Waals surface area (Å²) in [6.45, 7) is 7.20. The molecule has 3 aromatic carbocycles. The molecule has 0 saturated carbocycles. The summed E-state index contributed by atoms with van der Waals surface area (Å²) in [4.78, 5) is 14.9. The second kappa shape index (κ2) is 9.27. The Morgan fingerprint density at radius 2 is 1.63 bits per heavy atom. The van der Waals surface area contributed by atoms with Crippen LogP contribution in [-0.4, -0.2) is 29.9 Å². The van der Waals surface area contributed by atoms with Gasteiger partial charge in [-0.3, -0.25) is 9.69 Å². The van der Waals surface area contributed by atoms with Crippen molar-refractivity contribution >= 4 is 5.91 Å². The van der Waals surface area contributed by atoms with E-state index in [1.54, 1.807) is 0 Å². The molecule has 3 heteroatoms. The van der Waals surface area contributed by atoms with E-state index in [1.165, 1.54) is 27.8 Å². The molecule has 1 heterocycles. The minimum Gasteiger partial charge on any atom is -0.348 e. The molecule has 154 valence electrons. The highest BCUT2D eigenvalue weighted by molar-refractivity contribution is 5.94. The molecular weight excluding hydrogens is 368 g/mol. The number of aryl methyl sites for hydroxylation is 2. The highest BCUT2D eigenvalue weighted by Crippen LogP contribution is 2.23. The first kappa shape index (κ1) is 20.4. The van der Waals surface area contributed by atoms with Crippen molar-refractivity contribution in [1.29, 1.82) is 0 Å². The number of rotatable bonds is 5. The van der Waals surface area contributed by atoms with E-state index < -0.39 is 0 Å². The molecule has 1 amide bonds. The Morgan fingerprint density at radius 1 is 0.933 bits per heavy atom. The number of carbonyl (C=O) groups excluding carboxylic acids is 1. The van der Waals surface area contributed by atoms with Crippen molar-refractivity contribution in [3.8, 4) is 11.1 Å². The van der Waals surface area contributed by atoms with Gasteiger partial charge in [-0.05, 0) is 62.1 Å². The second-order valence-electron chi connectivity index (χ2n) is 8.49. The molecule has 1 fully saturated rings. The van der Waals surface area contributed by atoms with Gasteiger partial charge in [-0.1, -0.05) is 71.8 Å². The van der Waals surface area contributed by atoms with Gasteiger partial charge < -0.3 is 5.32 Å². The van der Waals surface area contributed by atoms with Gasteiger partial charge in [0.05, 0.1) is 0 Å². The van der Waals surface area contributed by atoms with Crippen LogP contribution in [0.25, 0.3) is 11.1 Å². The third-order valence-corrected chi connectivity index (χ3v) is 5.79. The zero-order valence-corrected chi connectivity index (χ0v) is 17.9. The number of likely N-dealkylation sites (tertiary alicyclic amines) is 1. The van der Waals surface area contributed by atoms with Crippen LogP contribution in [0, 0.1) is 13.8 Å². The van der Waals surface area contributed by atoms with Crippen LogP contribution in [0.4, 0.5) is 0 Å². The predicted molar refractivity (Wildman–Crippen MR) is 124 cm³/mol. The summed E-state index contributed by atoms with van der Waals surface area (Å²) < 4.78 is 0. The van der Waals surface area contributed by atoms with E-state index in [9.17, 15) is 4.79 Å². The second-order valence-corrected chi connectivity index (χ2v) is 8.49. The van der Waals surface area contributed by atoms with Crippen molar-refractivity contribution in [1.82, 2.24) is 10.2 Å². The molecule has 0 aromatic heterocycles. The quantitative estimate of drug-likeness (QED) is 0.627. The summed E-state index contributed by atoms with van der Waals surface area (Å²) >= 11 is 0. The van der Waals surface area contributed by atoms with Crippen molar-refractivity contribution in [3.05, 3.63) is 95.1 Å². The molecule has 1 N–H and O–H groups in total. The number of carbonyl (C=O) groups is 1. The van der Waals surface area contributed by atoms with Gasteiger partial charge in [0.15, 0.2) is 0 Å². The van der Waals surface area contributed by atoms with E-state index >= 15 is 0 Å². The molecule has 1 aliphatic heterocycles. The molecule has 1 aliphatic rings. The molecule has 0 aliphatic carbocycles. The Morgan fingerprint density at radius 3 is 2.33 bits per heavy atom. The molecule has 3 aromatic rings. The fourth-order valence-corrected chi connectivity index (χ4v) is 4.38. The van der Waals surface area contributed by atoms with Crippen molar-refractivity contribution in [2.75, 3.05) is 13.1 Å². The molecule has 0 bridgehead atoms. The van der Waals surface area contributed by atoms with Crippen molar-refractivity contribution in [3.63, 3.8) is 0 Å². The number of nitrogens with zero attached hydrogens (tertiary/aromatic N) is 1. The Bertz CT molecular complexity index is 975. The lowest BCUT2D eigenvalue weighted by Crippen LogP contribution is -2.47. The van der Waals surface area contributed by atoms with Gasteiger partial charge in [-0.25, -0.2) is 0 Å². The normalized spacial score (nSPS) is 16.9. The Hall–Kier alpha value is -2.91. The zero-order chi connectivity index (χ0) is 20.9. The molecule has 30 heavy (non-hydrogen) atoms. The van der Waals surface area contributed by atoms with Gasteiger partial charge in [0.25, 0.3) is 5.91 Å². The molecule has 1 saturated heterocycles. The number of hydrogen-bond donors (Lipinski definition) is 1. The maximum atomic E-state index is 12.5. The highest BCUT2D eigenvalue weighted by Gasteiger charge is 2.21. The molecule has 0 radical (unpaired) electrons. The summed E-state index contributed by atoms with van der Waals surface area (Å²) in [5.41, 5.74) is 7.18. The largest absolute Gasteiger partial charge is 0.348 e. The molecular formula is C27H30N2O. The van der Waals surface area contributed by atoms with Crippen LogP contribution in [0.2, 0.25) is 0 Å². The number of piperidine rings is 1. The van der Waals surface area contributed by atoms with E-state index in [1.807, 2.05) is 30.3 Å². The Labute approximate surface area is 179 Å². The Kier molecular flexibility index (Phi) is 6.29. The van der Waals surface area contributed by atoms with Crippen LogP contribution in [-0.2, 0) is 6.54 Å². The highest BCUT2D eigenvalue weighted by atomic mass is 16.1. The summed E-state index contributed by atoms with van der Waals surface area (Å²) in [6.07, 6.45) is 2.15. The van der Waals surface area contributed by atoms with Crippen LogP contribution in [0.3, 0.4) is 0 Å². The molecule has 4 rings (SSSR count). The lowest BCUT2D eigenvalue weighted by molar-refractivity contribution is 0.0901. The lowest BCUT2D eigenvalue weighted by atomic mass is 9.99. The fourth-order valence-electron chi connectivity index (χ4n) is 4.38. The maximum Gasteiger partial charge on any atom is 0.251 e. The van der Waals surface area contributed by atoms with Crippen LogP contribution < -0.4 is 5.32 Å². The molecule has 3 nitrogen and oxygen atoms in total. The molecule has 1 unspecified atom stereocenters. The first-order chi connectivity index (χ1) is 14.6. The number of amides is 1. The standard InChI is InChI=1S/C27H30N2O/c1-20-15-21(2)17-25(16-20)23-12-10-22(11-13-23)18-29-14-6-9-26(19-29)28-27(30)24-7-4-3-5-8-24/h3-5,7-8,10-13,15-17,26H,6,9,14,18-19H2,1-2H3,(H,28,30). The number of nitrogens with one attached hydrogen (secondary N) is 1. The zero-order valence-electron chi connectivity index (χ0n) is 17.9. The minimum atomic E-state index is 0.0280. The van der Waals surface area contributed by atoms with Crippen LogP contribution in [0.1, 0.15) is 39.9 Å². The maximum absolute atomic E-state index is 12.5. The number of benzene rings is 3. The van der Waals surface area contributed by atoms with E-state index in [4.69, 9.17) is 0 Å². The monoisotopic (exact) mass is 398 g/mol. The van der Waals surface area contributed by atoms with Gasteiger partial charge >= 0.3 is 0 Å². The van der Waals surface area contributed by atoms with E-state index in [0.717, 1.165) is 38.0 Å². The molecule has 1 atom stereocenters. The molecule has 0 spiro atoms. The van der Waals surface area contributed by atoms with E-state index in [0.29, 0.717) is 0 Å². The first-order valence-corrected chi connectivity index (χ1v) is 10.8. The van der Waals surface area contributed by atoms with Crippen LogP contribution in [0.5, 0.6) is 0 Å². The third kappa shape index (κ3) is 5.17. The topological polar surface area (TPSA) is 32.3 Å². The average Bonchev–Trinajstić information content (AvgIpc) is 2.74. The third-order valence-electron chi connectivity index (χ3n) is 5.79. The lowest BCUT2D eigenvalue weighted by Gasteiger charge is -2.33. The van der Waals surface area contributed by atoms with Gasteiger partial charge in [-0.15, -0.1) is 0 Å². The summed E-state index contributed by atoms with van der Waals surface area (Å²) in [7, 11) is 0. The van der Waals surface area contributed by atoms with Crippen LogP contribution >= 0.6 is 0 Å². The van der Waals surface area contributed by atoms with Gasteiger partial charge in [0, 0.05) is 24.7 Å². The van der Waals surface area contributed by atoms with Gasteiger partial charge in [0.2, 0.25) is 0 Å². The predicted octanol–water partition coefficient (Wildman–Crippen LogP) is 5.36. The van der Waals surface area contributed by atoms with Crippen molar-refractivity contribution < 1.29 is 4.79 Å². The Balaban J connectivity index is 1.36. The summed E-state index contributed by atoms with van der Waals surface area (Å²) in [6, 6.07) is 25.3. The van der Waals surface area contributed by atoms with E-state index in [2.05, 4.69) is 66.5 Å².